The van der Waals surface area contributed by atoms with Crippen molar-refractivity contribution in [3.63, 3.8) is 0 Å². The molecule has 0 spiro atoms. The van der Waals surface area contributed by atoms with Crippen LogP contribution >= 0.6 is 0 Å². The molecule has 7 heteroatoms. The number of ether oxygens (including phenoxy) is 1. The fourth-order valence-corrected chi connectivity index (χ4v) is 2.40. The van der Waals surface area contributed by atoms with Gasteiger partial charge in [0, 0.05) is 11.6 Å². The van der Waals surface area contributed by atoms with Gasteiger partial charge in [-0.05, 0) is 37.1 Å². The second-order valence-electron chi connectivity index (χ2n) is 5.34. The summed E-state index contributed by atoms with van der Waals surface area (Å²) in [6.07, 6.45) is 0. The van der Waals surface area contributed by atoms with E-state index in [2.05, 4.69) is 10.2 Å². The topological polar surface area (TPSA) is 91.3 Å². The number of rotatable bonds is 5. The van der Waals surface area contributed by atoms with E-state index in [1.807, 2.05) is 36.4 Å². The molecule has 1 aromatic heterocycles. The van der Waals surface area contributed by atoms with E-state index in [9.17, 15) is 10.1 Å². The van der Waals surface area contributed by atoms with Crippen LogP contribution in [0.5, 0.6) is 5.75 Å². The second kappa shape index (κ2) is 6.49. The zero-order valence-corrected chi connectivity index (χ0v) is 13.2. The van der Waals surface area contributed by atoms with Gasteiger partial charge in [0.15, 0.2) is 6.61 Å². The van der Waals surface area contributed by atoms with Crippen LogP contribution in [0, 0.1) is 24.0 Å². The molecule has 3 rings (SSSR count). The lowest BCUT2D eigenvalue weighted by atomic mass is 10.1. The quantitative estimate of drug-likeness (QED) is 0.523. The summed E-state index contributed by atoms with van der Waals surface area (Å²) in [6.45, 7) is 3.52. The number of nitrogens with zero attached hydrogens (tertiary/aromatic N) is 3. The van der Waals surface area contributed by atoms with Crippen LogP contribution in [-0.4, -0.2) is 15.1 Å². The fourth-order valence-electron chi connectivity index (χ4n) is 2.40. The van der Waals surface area contributed by atoms with Gasteiger partial charge in [-0.15, -0.1) is 10.2 Å². The number of aromatic nitrogens is 2. The Morgan fingerprint density at radius 1 is 1.17 bits per heavy atom. The number of hydrogen-bond donors (Lipinski definition) is 0. The maximum Gasteiger partial charge on any atom is 0.311 e. The van der Waals surface area contributed by atoms with Gasteiger partial charge in [0.05, 0.1) is 4.92 Å². The van der Waals surface area contributed by atoms with Gasteiger partial charge in [-0.1, -0.05) is 24.3 Å². The van der Waals surface area contributed by atoms with Gasteiger partial charge in [0.1, 0.15) is 0 Å². The van der Waals surface area contributed by atoms with Crippen molar-refractivity contribution in [2.75, 3.05) is 0 Å². The number of hydrogen-bond acceptors (Lipinski definition) is 6. The average molecular weight is 325 g/mol. The number of nitro benzene ring substituents is 1. The summed E-state index contributed by atoms with van der Waals surface area (Å²) in [5.41, 5.74) is 2.21. The maximum atomic E-state index is 11.2. The third kappa shape index (κ3) is 3.24. The molecule has 0 atom stereocenters. The molecule has 1 heterocycles. The summed E-state index contributed by atoms with van der Waals surface area (Å²) in [5, 5.41) is 19.1. The summed E-state index contributed by atoms with van der Waals surface area (Å²) in [6, 6.07) is 12.6. The van der Waals surface area contributed by atoms with Gasteiger partial charge < -0.3 is 9.15 Å². The molecule has 7 nitrogen and oxygen atoms in total. The van der Waals surface area contributed by atoms with Gasteiger partial charge in [0.2, 0.25) is 11.6 Å². The molecule has 0 saturated heterocycles. The Morgan fingerprint density at radius 3 is 2.62 bits per heavy atom. The van der Waals surface area contributed by atoms with E-state index in [1.54, 1.807) is 13.8 Å². The molecule has 0 aliphatic rings. The van der Waals surface area contributed by atoms with Crippen molar-refractivity contribution in [2.24, 2.45) is 0 Å². The Bertz CT molecular complexity index is 875. The summed E-state index contributed by atoms with van der Waals surface area (Å²) in [7, 11) is 0. The number of nitro groups is 1. The van der Waals surface area contributed by atoms with E-state index >= 15 is 0 Å². The Kier molecular flexibility index (Phi) is 4.24. The molecule has 0 aliphatic carbocycles. The van der Waals surface area contributed by atoms with Crippen molar-refractivity contribution < 1.29 is 14.1 Å². The Balaban J connectivity index is 1.80. The van der Waals surface area contributed by atoms with E-state index in [0.29, 0.717) is 11.5 Å². The predicted octanol–water partition coefficient (Wildman–Crippen LogP) is 3.84. The molecule has 0 bridgehead atoms. The van der Waals surface area contributed by atoms with Crippen LogP contribution in [0.4, 0.5) is 5.69 Å². The molecular formula is C17H15N3O4. The standard InChI is InChI=1S/C17H15N3O4/c1-11-8-12(2)16(14(9-11)20(21)22)23-10-15-18-19-17(24-15)13-6-4-3-5-7-13/h3-9H,10H2,1-2H3. The summed E-state index contributed by atoms with van der Waals surface area (Å²) in [4.78, 5) is 10.7. The Morgan fingerprint density at radius 2 is 1.92 bits per heavy atom. The van der Waals surface area contributed by atoms with E-state index in [-0.39, 0.29) is 23.9 Å². The lowest BCUT2D eigenvalue weighted by Crippen LogP contribution is -2.02. The first kappa shape index (κ1) is 15.7. The first-order valence-corrected chi connectivity index (χ1v) is 7.31. The van der Waals surface area contributed by atoms with Crippen LogP contribution in [0.15, 0.2) is 46.9 Å². The van der Waals surface area contributed by atoms with Crippen LogP contribution < -0.4 is 4.74 Å². The molecule has 0 radical (unpaired) electrons. The third-order valence-corrected chi connectivity index (χ3v) is 3.42. The van der Waals surface area contributed by atoms with Crippen LogP contribution in [-0.2, 0) is 6.61 Å². The van der Waals surface area contributed by atoms with Gasteiger partial charge in [-0.25, -0.2) is 0 Å². The van der Waals surface area contributed by atoms with Crippen molar-refractivity contribution in [1.82, 2.24) is 10.2 Å². The highest BCUT2D eigenvalue weighted by atomic mass is 16.6. The molecule has 3 aromatic rings. The average Bonchev–Trinajstić information content (AvgIpc) is 3.03. The van der Waals surface area contributed by atoms with E-state index in [4.69, 9.17) is 9.15 Å². The van der Waals surface area contributed by atoms with E-state index < -0.39 is 4.92 Å². The lowest BCUT2D eigenvalue weighted by Gasteiger charge is -2.08. The molecule has 24 heavy (non-hydrogen) atoms. The molecule has 0 fully saturated rings. The number of benzene rings is 2. The van der Waals surface area contributed by atoms with Crippen LogP contribution in [0.2, 0.25) is 0 Å². The maximum absolute atomic E-state index is 11.2. The van der Waals surface area contributed by atoms with Crippen LogP contribution in [0.1, 0.15) is 17.0 Å². The van der Waals surface area contributed by atoms with E-state index in [1.165, 1.54) is 6.07 Å². The van der Waals surface area contributed by atoms with Crippen LogP contribution in [0.25, 0.3) is 11.5 Å². The molecule has 122 valence electrons. The lowest BCUT2D eigenvalue weighted by molar-refractivity contribution is -0.386. The van der Waals surface area contributed by atoms with Crippen molar-refractivity contribution in [2.45, 2.75) is 20.5 Å². The van der Waals surface area contributed by atoms with E-state index in [0.717, 1.165) is 11.1 Å². The first-order valence-electron chi connectivity index (χ1n) is 7.31. The second-order valence-corrected chi connectivity index (χ2v) is 5.34. The Hall–Kier alpha value is -3.22. The fraction of sp³-hybridized carbons (Fsp3) is 0.176. The molecule has 0 amide bonds. The molecule has 0 saturated carbocycles. The minimum absolute atomic E-state index is 0.0371. The normalized spacial score (nSPS) is 10.6. The highest BCUT2D eigenvalue weighted by Gasteiger charge is 2.19. The zero-order valence-electron chi connectivity index (χ0n) is 13.2. The van der Waals surface area contributed by atoms with Crippen molar-refractivity contribution in [3.8, 4) is 17.2 Å². The molecule has 0 aliphatic heterocycles. The predicted molar refractivity (Wildman–Crippen MR) is 86.6 cm³/mol. The van der Waals surface area contributed by atoms with Crippen LogP contribution in [0.3, 0.4) is 0 Å². The zero-order chi connectivity index (χ0) is 17.1. The highest BCUT2D eigenvalue weighted by Crippen LogP contribution is 2.32. The first-order chi connectivity index (χ1) is 11.5. The minimum Gasteiger partial charge on any atom is -0.477 e. The van der Waals surface area contributed by atoms with Gasteiger partial charge in [-0.3, -0.25) is 10.1 Å². The van der Waals surface area contributed by atoms with Gasteiger partial charge in [0.25, 0.3) is 5.89 Å². The SMILES string of the molecule is Cc1cc(C)c(OCc2nnc(-c3ccccc3)o2)c([N+](=O)[O-])c1. The molecule has 0 N–H and O–H groups in total. The molecule has 0 unspecified atom stereocenters. The minimum atomic E-state index is -0.460. The van der Waals surface area contributed by atoms with Crippen molar-refractivity contribution >= 4 is 5.69 Å². The third-order valence-electron chi connectivity index (χ3n) is 3.42. The highest BCUT2D eigenvalue weighted by molar-refractivity contribution is 5.54. The Labute approximate surface area is 138 Å². The largest absolute Gasteiger partial charge is 0.477 e. The molecular weight excluding hydrogens is 310 g/mol. The van der Waals surface area contributed by atoms with Gasteiger partial charge >= 0.3 is 5.69 Å². The van der Waals surface area contributed by atoms with Gasteiger partial charge in [-0.2, -0.15) is 0 Å². The number of aryl methyl sites for hydroxylation is 2. The van der Waals surface area contributed by atoms with Crippen molar-refractivity contribution in [3.05, 3.63) is 69.6 Å². The smallest absolute Gasteiger partial charge is 0.311 e. The van der Waals surface area contributed by atoms with Crippen molar-refractivity contribution in [1.29, 1.82) is 0 Å². The monoisotopic (exact) mass is 325 g/mol. The summed E-state index contributed by atoms with van der Waals surface area (Å²) < 4.78 is 11.1. The summed E-state index contributed by atoms with van der Waals surface area (Å²) in [5.74, 6) is 0.845. The summed E-state index contributed by atoms with van der Waals surface area (Å²) >= 11 is 0. The molecule has 2 aromatic carbocycles.